The smallest absolute Gasteiger partial charge is 0.0178 e. The summed E-state index contributed by atoms with van der Waals surface area (Å²) >= 11 is 0. The van der Waals surface area contributed by atoms with E-state index in [1.807, 2.05) is 0 Å². The summed E-state index contributed by atoms with van der Waals surface area (Å²) in [5.41, 5.74) is 0. The van der Waals surface area contributed by atoms with Gasteiger partial charge in [-0.05, 0) is 22.1 Å². The largest absolute Gasteiger partial charge is 0.0906 e. The summed E-state index contributed by atoms with van der Waals surface area (Å²) in [6.45, 7) is 3.86. The molecule has 38 valence electrons. The van der Waals surface area contributed by atoms with Gasteiger partial charge in [-0.3, -0.25) is 0 Å². The summed E-state index contributed by atoms with van der Waals surface area (Å²) in [4.78, 5) is 0. The summed E-state index contributed by atoms with van der Waals surface area (Å²) in [6, 6.07) is 8.35. The van der Waals surface area contributed by atoms with Gasteiger partial charge in [0.1, 0.15) is 0 Å². The van der Waals surface area contributed by atoms with Crippen molar-refractivity contribution in [2.75, 3.05) is 0 Å². The Balaban J connectivity index is 3.12. The maximum Gasteiger partial charge on any atom is -0.0178 e. The maximum atomic E-state index is 3.86. The summed E-state index contributed by atoms with van der Waals surface area (Å²) < 4.78 is 0. The molecular weight excluding hydrogens is 96.1 g/mol. The number of hydrogen-bond acceptors (Lipinski definition) is 0. The van der Waals surface area contributed by atoms with E-state index in [4.69, 9.17) is 0 Å². The molecule has 0 aliphatic carbocycles. The zero-order valence-electron chi connectivity index (χ0n) is 4.52. The lowest BCUT2D eigenvalue weighted by Crippen LogP contribution is -2.04. The second-order valence-corrected chi connectivity index (χ2v) is 2.06. The van der Waals surface area contributed by atoms with E-state index in [0.29, 0.717) is 0 Å². The van der Waals surface area contributed by atoms with Crippen molar-refractivity contribution in [3.63, 3.8) is 0 Å². The van der Waals surface area contributed by atoms with Crippen LogP contribution in [-0.4, -0.2) is 0 Å². The molecule has 8 heavy (non-hydrogen) atoms. The Morgan fingerprint density at radius 3 is 2.00 bits per heavy atom. The van der Waals surface area contributed by atoms with Gasteiger partial charge >= 0.3 is 0 Å². The van der Waals surface area contributed by atoms with Gasteiger partial charge in [0.15, 0.2) is 0 Å². The Morgan fingerprint density at radius 2 is 1.75 bits per heavy atom. The summed E-state index contributed by atoms with van der Waals surface area (Å²) in [6.07, 6.45) is 0. The van der Waals surface area contributed by atoms with Gasteiger partial charge in [-0.15, -0.1) is 0 Å². The highest BCUT2D eigenvalue weighted by molar-refractivity contribution is 5.81. The van der Waals surface area contributed by atoms with E-state index < -0.39 is 0 Å². The molecule has 0 aliphatic rings. The van der Waals surface area contributed by atoms with Crippen LogP contribution < -0.4 is 5.22 Å². The van der Waals surface area contributed by atoms with Crippen molar-refractivity contribution in [2.24, 2.45) is 0 Å². The minimum absolute atomic E-state index is 1.20. The number of benzene rings is 2. The Hall–Kier alpha value is -1.04. The topological polar surface area (TPSA) is 0 Å². The average molecular weight is 102 g/mol. The van der Waals surface area contributed by atoms with E-state index in [1.165, 1.54) is 16.0 Å². The van der Waals surface area contributed by atoms with Crippen molar-refractivity contribution in [2.45, 2.75) is 0 Å². The van der Waals surface area contributed by atoms with Gasteiger partial charge in [-0.1, -0.05) is 24.8 Å². The fourth-order valence-electron chi connectivity index (χ4n) is 0.984. The van der Waals surface area contributed by atoms with E-state index in [-0.39, 0.29) is 0 Å². The van der Waals surface area contributed by atoms with Crippen LogP contribution in [0.3, 0.4) is 0 Å². The SMILES string of the molecule is C=c1c2cccc1c2. The highest BCUT2D eigenvalue weighted by atomic mass is 14.0. The number of fused-ring (bicyclic) bond motifs is 2. The molecule has 0 saturated heterocycles. The van der Waals surface area contributed by atoms with Crippen LogP contribution in [0.2, 0.25) is 0 Å². The van der Waals surface area contributed by atoms with Gasteiger partial charge in [0.05, 0.1) is 0 Å². The average Bonchev–Trinajstić information content (AvgIpc) is 1.89. The monoisotopic (exact) mass is 102 g/mol. The van der Waals surface area contributed by atoms with Crippen LogP contribution in [0.4, 0.5) is 0 Å². The van der Waals surface area contributed by atoms with Gasteiger partial charge in [0, 0.05) is 0 Å². The molecule has 0 aliphatic heterocycles. The second-order valence-electron chi connectivity index (χ2n) is 2.06. The normalized spacial score (nSPS) is 11.0. The molecule has 0 N–H and O–H groups in total. The Labute approximate surface area is 47.8 Å². The summed E-state index contributed by atoms with van der Waals surface area (Å²) in [5.74, 6) is 0. The molecule has 0 atom stereocenters. The summed E-state index contributed by atoms with van der Waals surface area (Å²) in [5, 5.41) is 3.79. The molecule has 0 radical (unpaired) electrons. The zero-order chi connectivity index (χ0) is 5.56. The maximum absolute atomic E-state index is 3.86. The Kier molecular flexibility index (Phi) is 0.500. The Bertz CT molecular complexity index is 284. The highest BCUT2D eigenvalue weighted by Crippen LogP contribution is 2.07. The van der Waals surface area contributed by atoms with Gasteiger partial charge in [0.25, 0.3) is 0 Å². The first kappa shape index (κ1) is 3.90. The molecule has 0 heterocycles. The van der Waals surface area contributed by atoms with Crippen molar-refractivity contribution in [1.29, 1.82) is 0 Å². The van der Waals surface area contributed by atoms with Crippen LogP contribution in [0.5, 0.6) is 0 Å². The van der Waals surface area contributed by atoms with Gasteiger partial charge in [-0.25, -0.2) is 0 Å². The third-order valence-electron chi connectivity index (χ3n) is 1.56. The number of hydrogen-bond donors (Lipinski definition) is 0. The van der Waals surface area contributed by atoms with E-state index in [1.54, 1.807) is 0 Å². The standard InChI is InChI=1S/C8H6/c1-6-7-3-2-4-8(6)5-7/h2-5H,1H2. The van der Waals surface area contributed by atoms with Crippen LogP contribution >= 0.6 is 0 Å². The van der Waals surface area contributed by atoms with Crippen LogP contribution in [0.1, 0.15) is 0 Å². The molecule has 0 aromatic heterocycles. The Morgan fingerprint density at radius 1 is 1.12 bits per heavy atom. The fourth-order valence-corrected chi connectivity index (χ4v) is 0.984. The molecule has 0 spiro atoms. The van der Waals surface area contributed by atoms with Crippen molar-refractivity contribution >= 4 is 17.4 Å². The predicted octanol–water partition coefficient (Wildman–Crippen LogP) is 1.41. The molecule has 0 amide bonds. The second kappa shape index (κ2) is 1.03. The molecule has 0 heteroatoms. The third kappa shape index (κ3) is 0.270. The van der Waals surface area contributed by atoms with Crippen LogP contribution in [0.25, 0.3) is 17.4 Å². The first-order valence-corrected chi connectivity index (χ1v) is 2.67. The lowest BCUT2D eigenvalue weighted by Gasteiger charge is -2.00. The molecule has 3 aromatic carbocycles. The first-order chi connectivity index (χ1) is 3.88. The highest BCUT2D eigenvalue weighted by Gasteiger charge is 1.94. The molecular formula is C8H6. The zero-order valence-corrected chi connectivity index (χ0v) is 4.52. The fraction of sp³-hybridized carbons (Fsp3) is 0. The van der Waals surface area contributed by atoms with Gasteiger partial charge < -0.3 is 0 Å². The molecule has 0 nitrogen and oxygen atoms in total. The van der Waals surface area contributed by atoms with Crippen molar-refractivity contribution < 1.29 is 0 Å². The van der Waals surface area contributed by atoms with Crippen LogP contribution in [-0.2, 0) is 0 Å². The van der Waals surface area contributed by atoms with Crippen molar-refractivity contribution in [3.05, 3.63) is 29.5 Å². The van der Waals surface area contributed by atoms with E-state index in [2.05, 4.69) is 30.8 Å². The molecule has 3 aromatic rings. The van der Waals surface area contributed by atoms with E-state index in [0.717, 1.165) is 0 Å². The van der Waals surface area contributed by atoms with E-state index in [9.17, 15) is 0 Å². The summed E-state index contributed by atoms with van der Waals surface area (Å²) in [7, 11) is 0. The number of rotatable bonds is 0. The van der Waals surface area contributed by atoms with Crippen LogP contribution in [0, 0.1) is 0 Å². The molecule has 3 rings (SSSR count). The third-order valence-corrected chi connectivity index (χ3v) is 1.56. The minimum atomic E-state index is 1.20. The first-order valence-electron chi connectivity index (χ1n) is 2.67. The quantitative estimate of drug-likeness (QED) is 0.471. The minimum Gasteiger partial charge on any atom is -0.0906 e. The van der Waals surface area contributed by atoms with Crippen molar-refractivity contribution in [3.8, 4) is 0 Å². The molecule has 2 bridgehead atoms. The van der Waals surface area contributed by atoms with Gasteiger partial charge in [0.2, 0.25) is 0 Å². The lowest BCUT2D eigenvalue weighted by atomic mass is 10.0. The molecule has 0 fully saturated rings. The lowest BCUT2D eigenvalue weighted by molar-refractivity contribution is 1.69. The molecule has 0 unspecified atom stereocenters. The van der Waals surface area contributed by atoms with Crippen molar-refractivity contribution in [1.82, 2.24) is 0 Å². The molecule has 0 saturated carbocycles. The van der Waals surface area contributed by atoms with E-state index >= 15 is 0 Å². The van der Waals surface area contributed by atoms with Gasteiger partial charge in [-0.2, -0.15) is 0 Å². The van der Waals surface area contributed by atoms with Crippen LogP contribution in [0.15, 0.2) is 24.3 Å². The predicted molar refractivity (Wildman–Crippen MR) is 35.9 cm³/mol.